The van der Waals surface area contributed by atoms with Crippen LogP contribution in [0.25, 0.3) is 21.2 Å². The molecule has 0 amide bonds. The smallest absolute Gasteiger partial charge is 0.310 e. The van der Waals surface area contributed by atoms with Crippen molar-refractivity contribution < 1.29 is 43.2 Å². The Morgan fingerprint density at radius 1 is 1.24 bits per heavy atom. The van der Waals surface area contributed by atoms with E-state index in [1.54, 1.807) is 19.1 Å². The normalized spacial score (nSPS) is 27.9. The van der Waals surface area contributed by atoms with Gasteiger partial charge in [-0.3, -0.25) is 14.4 Å². The van der Waals surface area contributed by atoms with Crippen LogP contribution >= 0.6 is 0 Å². The van der Waals surface area contributed by atoms with Gasteiger partial charge in [0.15, 0.2) is 18.0 Å². The van der Waals surface area contributed by atoms with E-state index in [9.17, 15) is 19.5 Å². The Balaban J connectivity index is 1.66. The average Bonchev–Trinajstić information content (AvgIpc) is 3.36. The largest absolute Gasteiger partial charge is 0.506 e. The van der Waals surface area contributed by atoms with Crippen LogP contribution in [0.15, 0.2) is 17.2 Å². The molecular formula is C25H25N3O9. The highest BCUT2D eigenvalue weighted by molar-refractivity contribution is 6.10. The summed E-state index contributed by atoms with van der Waals surface area (Å²) in [4.78, 5) is 39.0. The monoisotopic (exact) mass is 511 g/mol. The van der Waals surface area contributed by atoms with Gasteiger partial charge in [0.05, 0.1) is 48.3 Å². The highest BCUT2D eigenvalue weighted by atomic mass is 16.6. The summed E-state index contributed by atoms with van der Waals surface area (Å²) >= 11 is 0. The standard InChI is InChI=1S/C25H25N3O9/c1-9(29)18-20-24(36-16-8-17(31)37-25(16)20)13-6-5-12(23(33-4)19(13)21(18)32)15-7-14(27-28-26)22(10(2)34-15)35-11(3)30/h5-6,10,14-16,22,25,32H,7-8H2,1-4H3/t10-,14+,15-,16+,22-,25-/m1/s1. The van der Waals surface area contributed by atoms with Crippen molar-refractivity contribution in [3.05, 3.63) is 39.3 Å². The highest BCUT2D eigenvalue weighted by Crippen LogP contribution is 2.55. The van der Waals surface area contributed by atoms with Gasteiger partial charge in [0, 0.05) is 22.8 Å². The van der Waals surface area contributed by atoms with Gasteiger partial charge in [-0.25, -0.2) is 0 Å². The maximum atomic E-state index is 12.7. The Hall–Kier alpha value is -4.02. The number of fused-ring (bicyclic) bond motifs is 5. The Kier molecular flexibility index (Phi) is 6.09. The minimum atomic E-state index is -0.785. The number of Topliss-reactive ketones (excluding diaryl/α,β-unsaturated/α-hetero) is 1. The van der Waals surface area contributed by atoms with Gasteiger partial charge in [0.25, 0.3) is 0 Å². The number of phenolic OH excluding ortho intramolecular Hbond substituents is 1. The summed E-state index contributed by atoms with van der Waals surface area (Å²) in [5, 5.41) is 15.9. The molecule has 0 spiro atoms. The van der Waals surface area contributed by atoms with Crippen molar-refractivity contribution in [3.8, 4) is 17.2 Å². The van der Waals surface area contributed by atoms with Gasteiger partial charge in [-0.2, -0.15) is 0 Å². The quantitative estimate of drug-likeness (QED) is 0.205. The lowest BCUT2D eigenvalue weighted by molar-refractivity contribution is -0.171. The summed E-state index contributed by atoms with van der Waals surface area (Å²) in [7, 11) is 1.43. The fourth-order valence-corrected chi connectivity index (χ4v) is 5.60. The van der Waals surface area contributed by atoms with E-state index >= 15 is 0 Å². The highest BCUT2D eigenvalue weighted by Gasteiger charge is 2.48. The minimum absolute atomic E-state index is 0.0000372. The molecule has 3 heterocycles. The first-order valence-electron chi connectivity index (χ1n) is 11.8. The minimum Gasteiger partial charge on any atom is -0.506 e. The number of esters is 2. The van der Waals surface area contributed by atoms with Crippen LogP contribution in [0.5, 0.6) is 17.2 Å². The number of nitrogens with zero attached hydrogens (tertiary/aromatic N) is 3. The number of phenols is 1. The predicted octanol–water partition coefficient (Wildman–Crippen LogP) is 3.97. The number of benzene rings is 2. The van der Waals surface area contributed by atoms with E-state index in [1.165, 1.54) is 21.0 Å². The summed E-state index contributed by atoms with van der Waals surface area (Å²) in [5.41, 5.74) is 9.97. The fraction of sp³-hybridized carbons (Fsp3) is 0.480. The molecule has 2 saturated heterocycles. The van der Waals surface area contributed by atoms with Crippen LogP contribution in [0.1, 0.15) is 67.3 Å². The predicted molar refractivity (Wildman–Crippen MR) is 126 cm³/mol. The molecule has 2 aromatic carbocycles. The second-order valence-corrected chi connectivity index (χ2v) is 9.32. The summed E-state index contributed by atoms with van der Waals surface area (Å²) in [6, 6.07) is 2.75. The van der Waals surface area contributed by atoms with Gasteiger partial charge in [-0.05, 0) is 31.9 Å². The molecule has 12 heteroatoms. The molecule has 5 rings (SSSR count). The molecule has 0 unspecified atom stereocenters. The molecule has 3 aliphatic rings. The zero-order valence-corrected chi connectivity index (χ0v) is 20.6. The fourth-order valence-electron chi connectivity index (χ4n) is 5.60. The van der Waals surface area contributed by atoms with E-state index in [0.29, 0.717) is 22.3 Å². The maximum Gasteiger partial charge on any atom is 0.310 e. The zero-order valence-electron chi connectivity index (χ0n) is 20.6. The molecule has 2 fully saturated rings. The molecule has 194 valence electrons. The van der Waals surface area contributed by atoms with Gasteiger partial charge in [0.2, 0.25) is 0 Å². The second-order valence-electron chi connectivity index (χ2n) is 9.32. The van der Waals surface area contributed by atoms with Crippen molar-refractivity contribution in [2.45, 2.75) is 70.2 Å². The maximum absolute atomic E-state index is 12.7. The number of aromatic hydroxyl groups is 1. The van der Waals surface area contributed by atoms with Gasteiger partial charge in [-0.15, -0.1) is 0 Å². The molecule has 0 aromatic heterocycles. The van der Waals surface area contributed by atoms with Gasteiger partial charge >= 0.3 is 11.9 Å². The first-order valence-corrected chi connectivity index (χ1v) is 11.8. The number of ether oxygens (including phenoxy) is 5. The van der Waals surface area contributed by atoms with E-state index in [-0.39, 0.29) is 35.3 Å². The third kappa shape index (κ3) is 3.89. The number of hydrogen-bond acceptors (Lipinski definition) is 10. The lowest BCUT2D eigenvalue weighted by atomic mass is 9.88. The van der Waals surface area contributed by atoms with Crippen LogP contribution < -0.4 is 9.47 Å². The van der Waals surface area contributed by atoms with Crippen molar-refractivity contribution >= 4 is 28.5 Å². The van der Waals surface area contributed by atoms with Crippen LogP contribution in [-0.2, 0) is 23.8 Å². The van der Waals surface area contributed by atoms with Crippen molar-refractivity contribution in [3.63, 3.8) is 0 Å². The lowest BCUT2D eigenvalue weighted by Gasteiger charge is -2.38. The molecule has 3 aliphatic heterocycles. The molecule has 2 aromatic rings. The molecule has 0 bridgehead atoms. The topological polar surface area (TPSA) is 166 Å². The van der Waals surface area contributed by atoms with Crippen LogP contribution in [0.4, 0.5) is 0 Å². The Labute approximate surface area is 211 Å². The van der Waals surface area contributed by atoms with Crippen LogP contribution in [-0.4, -0.2) is 54.3 Å². The zero-order chi connectivity index (χ0) is 26.6. The van der Waals surface area contributed by atoms with E-state index in [2.05, 4.69) is 10.0 Å². The molecule has 12 nitrogen and oxygen atoms in total. The molecule has 6 atom stereocenters. The van der Waals surface area contributed by atoms with E-state index < -0.39 is 54.3 Å². The number of carbonyl (C=O) groups excluding carboxylic acids is 3. The number of rotatable bonds is 5. The second kappa shape index (κ2) is 9.13. The Morgan fingerprint density at radius 2 is 2.00 bits per heavy atom. The summed E-state index contributed by atoms with van der Waals surface area (Å²) in [6.07, 6.45) is -3.20. The van der Waals surface area contributed by atoms with E-state index in [0.717, 1.165) is 0 Å². The first-order chi connectivity index (χ1) is 17.7. The van der Waals surface area contributed by atoms with Gasteiger partial charge in [-0.1, -0.05) is 11.2 Å². The number of carbonyl (C=O) groups is 3. The van der Waals surface area contributed by atoms with Crippen molar-refractivity contribution in [1.82, 2.24) is 0 Å². The average molecular weight is 511 g/mol. The molecule has 1 N–H and O–H groups in total. The van der Waals surface area contributed by atoms with Crippen molar-refractivity contribution in [1.29, 1.82) is 0 Å². The summed E-state index contributed by atoms with van der Waals surface area (Å²) in [6.45, 7) is 4.29. The number of azide groups is 1. The molecule has 0 radical (unpaired) electrons. The number of ketones is 1. The van der Waals surface area contributed by atoms with Crippen molar-refractivity contribution in [2.75, 3.05) is 7.11 Å². The Morgan fingerprint density at radius 3 is 2.65 bits per heavy atom. The van der Waals surface area contributed by atoms with Crippen LogP contribution in [0.3, 0.4) is 0 Å². The van der Waals surface area contributed by atoms with Crippen molar-refractivity contribution in [2.24, 2.45) is 5.11 Å². The Bertz CT molecular complexity index is 1380. The van der Waals surface area contributed by atoms with Gasteiger partial charge < -0.3 is 28.8 Å². The van der Waals surface area contributed by atoms with E-state index in [1.807, 2.05) is 0 Å². The molecular weight excluding hydrogens is 486 g/mol. The van der Waals surface area contributed by atoms with Crippen LogP contribution in [0.2, 0.25) is 0 Å². The third-order valence-corrected chi connectivity index (χ3v) is 7.02. The molecule has 37 heavy (non-hydrogen) atoms. The van der Waals surface area contributed by atoms with Gasteiger partial charge in [0.1, 0.15) is 23.4 Å². The summed E-state index contributed by atoms with van der Waals surface area (Å²) in [5.74, 6) is -1.10. The van der Waals surface area contributed by atoms with E-state index in [4.69, 9.17) is 29.2 Å². The molecule has 0 aliphatic carbocycles. The summed E-state index contributed by atoms with van der Waals surface area (Å²) < 4.78 is 28.7. The third-order valence-electron chi connectivity index (χ3n) is 7.02. The SMILES string of the molecule is COc1c([C@H]2C[C@H](N=[N+]=[N-])[C@H](OC(C)=O)[C@@H](C)O2)ccc2c3c(c(C(C)=O)c(O)c12)[C@@H]1OC(=O)C[C@@H]1O3. The molecule has 0 saturated carbocycles. The number of hydrogen-bond donors (Lipinski definition) is 1. The van der Waals surface area contributed by atoms with Crippen LogP contribution in [0, 0.1) is 0 Å². The number of methoxy groups -OCH3 is 1. The first kappa shape index (κ1) is 24.7. The lowest BCUT2D eigenvalue weighted by Crippen LogP contribution is -2.45.